The number of rotatable bonds is 3. The molecule has 0 atom stereocenters. The first-order chi connectivity index (χ1) is 8.79. The molecule has 18 heavy (non-hydrogen) atoms. The summed E-state index contributed by atoms with van der Waals surface area (Å²) in [6, 6.07) is 15.9. The van der Waals surface area contributed by atoms with E-state index >= 15 is 0 Å². The number of carbonyl (C=O) groups is 1. The van der Waals surface area contributed by atoms with Gasteiger partial charge in [0.25, 0.3) is 0 Å². The minimum Gasteiger partial charge on any atom is -0.370 e. The molecule has 0 radical (unpaired) electrons. The Morgan fingerprint density at radius 1 is 0.944 bits per heavy atom. The fourth-order valence-corrected chi connectivity index (χ4v) is 1.37. The van der Waals surface area contributed by atoms with Gasteiger partial charge in [-0.15, -0.1) is 0 Å². The third-order valence-corrected chi connectivity index (χ3v) is 2.23. The second kappa shape index (κ2) is 5.70. The van der Waals surface area contributed by atoms with Gasteiger partial charge in [0.15, 0.2) is 0 Å². The summed E-state index contributed by atoms with van der Waals surface area (Å²) in [5, 5.41) is 8.07. The molecule has 0 amide bonds. The van der Waals surface area contributed by atoms with E-state index < -0.39 is 5.97 Å². The molecule has 2 aromatic carbocycles. The molecule has 0 bridgehead atoms. The van der Waals surface area contributed by atoms with Crippen LogP contribution in [-0.2, 0) is 4.84 Å². The predicted octanol–water partition coefficient (Wildman–Crippen LogP) is 3.13. The highest BCUT2D eigenvalue weighted by Crippen LogP contribution is 2.19. The molecule has 0 heterocycles. The van der Waals surface area contributed by atoms with Gasteiger partial charge in [-0.2, -0.15) is 16.1 Å². The number of nitrogens with zero attached hydrogens (tertiary/aromatic N) is 2. The van der Waals surface area contributed by atoms with Crippen molar-refractivity contribution in [3.05, 3.63) is 60.2 Å². The monoisotopic (exact) mass is 241 g/mol. The SMILES string of the molecule is NOC(=O)c1cccc(N=Nc2ccccc2)c1. The third-order valence-electron chi connectivity index (χ3n) is 2.23. The van der Waals surface area contributed by atoms with Crippen molar-refractivity contribution in [2.24, 2.45) is 16.1 Å². The lowest BCUT2D eigenvalue weighted by atomic mass is 10.2. The molecular weight excluding hydrogens is 230 g/mol. The van der Waals surface area contributed by atoms with Crippen LogP contribution in [0.3, 0.4) is 0 Å². The van der Waals surface area contributed by atoms with Crippen molar-refractivity contribution in [1.82, 2.24) is 0 Å². The van der Waals surface area contributed by atoms with Crippen LogP contribution >= 0.6 is 0 Å². The molecule has 2 aromatic rings. The zero-order valence-corrected chi connectivity index (χ0v) is 9.48. The van der Waals surface area contributed by atoms with E-state index in [1.807, 2.05) is 30.3 Å². The second-order valence-electron chi connectivity index (χ2n) is 3.49. The normalized spacial score (nSPS) is 10.5. The molecule has 5 nitrogen and oxygen atoms in total. The molecule has 0 saturated carbocycles. The zero-order chi connectivity index (χ0) is 12.8. The van der Waals surface area contributed by atoms with Crippen LogP contribution in [0.15, 0.2) is 64.8 Å². The van der Waals surface area contributed by atoms with Gasteiger partial charge in [0.05, 0.1) is 16.9 Å². The lowest BCUT2D eigenvalue weighted by Crippen LogP contribution is -2.09. The Hall–Kier alpha value is -2.53. The van der Waals surface area contributed by atoms with Gasteiger partial charge in [-0.25, -0.2) is 4.79 Å². The highest BCUT2D eigenvalue weighted by molar-refractivity contribution is 5.90. The highest BCUT2D eigenvalue weighted by atomic mass is 16.7. The average Bonchev–Trinajstić information content (AvgIpc) is 2.45. The average molecular weight is 241 g/mol. The van der Waals surface area contributed by atoms with E-state index in [1.54, 1.807) is 24.3 Å². The van der Waals surface area contributed by atoms with Crippen molar-refractivity contribution < 1.29 is 9.63 Å². The van der Waals surface area contributed by atoms with Gasteiger partial charge < -0.3 is 4.84 Å². The molecule has 0 spiro atoms. The van der Waals surface area contributed by atoms with Gasteiger partial charge >= 0.3 is 5.97 Å². The minimum atomic E-state index is -0.605. The van der Waals surface area contributed by atoms with Crippen LogP contribution < -0.4 is 5.90 Å². The largest absolute Gasteiger partial charge is 0.370 e. The summed E-state index contributed by atoms with van der Waals surface area (Å²) in [5.41, 5.74) is 1.63. The number of hydrogen-bond acceptors (Lipinski definition) is 5. The first-order valence-electron chi connectivity index (χ1n) is 5.27. The van der Waals surface area contributed by atoms with E-state index in [-0.39, 0.29) is 0 Å². The number of benzene rings is 2. The zero-order valence-electron chi connectivity index (χ0n) is 9.48. The Morgan fingerprint density at radius 3 is 2.33 bits per heavy atom. The molecule has 0 aliphatic rings. The maximum Gasteiger partial charge on any atom is 0.356 e. The van der Waals surface area contributed by atoms with Gasteiger partial charge in [0.2, 0.25) is 0 Å². The molecule has 0 unspecified atom stereocenters. The Morgan fingerprint density at radius 2 is 1.61 bits per heavy atom. The van der Waals surface area contributed by atoms with Crippen molar-refractivity contribution in [2.45, 2.75) is 0 Å². The Balaban J connectivity index is 2.20. The molecule has 0 aromatic heterocycles. The highest BCUT2D eigenvalue weighted by Gasteiger charge is 2.05. The molecule has 90 valence electrons. The van der Waals surface area contributed by atoms with Crippen LogP contribution in [0.2, 0.25) is 0 Å². The van der Waals surface area contributed by atoms with Crippen LogP contribution in [0.5, 0.6) is 0 Å². The van der Waals surface area contributed by atoms with Crippen LogP contribution in [-0.4, -0.2) is 5.97 Å². The summed E-state index contributed by atoms with van der Waals surface area (Å²) in [6.07, 6.45) is 0. The predicted molar refractivity (Wildman–Crippen MR) is 66.7 cm³/mol. The minimum absolute atomic E-state index is 0.335. The van der Waals surface area contributed by atoms with E-state index in [4.69, 9.17) is 5.90 Å². The molecule has 2 rings (SSSR count). The van der Waals surface area contributed by atoms with Crippen LogP contribution in [0, 0.1) is 0 Å². The molecule has 0 fully saturated rings. The van der Waals surface area contributed by atoms with E-state index in [1.165, 1.54) is 0 Å². The molecule has 0 saturated heterocycles. The standard InChI is InChI=1S/C13H11N3O2/c14-18-13(17)10-5-4-8-12(9-10)16-15-11-6-2-1-3-7-11/h1-9H,14H2. The lowest BCUT2D eigenvalue weighted by molar-refractivity contribution is 0.0503. The molecule has 0 aliphatic heterocycles. The van der Waals surface area contributed by atoms with Crippen LogP contribution in [0.4, 0.5) is 11.4 Å². The Bertz CT molecular complexity index is 567. The number of carbonyl (C=O) groups excluding carboxylic acids is 1. The van der Waals surface area contributed by atoms with Crippen molar-refractivity contribution in [2.75, 3.05) is 0 Å². The summed E-state index contributed by atoms with van der Waals surface area (Å²) < 4.78 is 0. The van der Waals surface area contributed by atoms with E-state index in [9.17, 15) is 4.79 Å². The first kappa shape index (κ1) is 11.9. The number of hydrogen-bond donors (Lipinski definition) is 1. The summed E-state index contributed by atoms with van der Waals surface area (Å²) in [4.78, 5) is 15.4. The van der Waals surface area contributed by atoms with Gasteiger partial charge in [-0.05, 0) is 30.3 Å². The van der Waals surface area contributed by atoms with Gasteiger partial charge in [0, 0.05) is 0 Å². The topological polar surface area (TPSA) is 77.0 Å². The van der Waals surface area contributed by atoms with Crippen molar-refractivity contribution >= 4 is 17.3 Å². The quantitative estimate of drug-likeness (QED) is 0.662. The van der Waals surface area contributed by atoms with E-state index in [0.717, 1.165) is 5.69 Å². The smallest absolute Gasteiger partial charge is 0.356 e. The lowest BCUT2D eigenvalue weighted by Gasteiger charge is -1.98. The Kier molecular flexibility index (Phi) is 3.78. The third kappa shape index (κ3) is 2.99. The van der Waals surface area contributed by atoms with E-state index in [0.29, 0.717) is 11.3 Å². The number of nitrogens with two attached hydrogens (primary N) is 1. The first-order valence-corrected chi connectivity index (χ1v) is 5.27. The van der Waals surface area contributed by atoms with E-state index in [2.05, 4.69) is 15.1 Å². The van der Waals surface area contributed by atoms with Crippen molar-refractivity contribution in [3.8, 4) is 0 Å². The molecule has 5 heteroatoms. The summed E-state index contributed by atoms with van der Waals surface area (Å²) in [7, 11) is 0. The summed E-state index contributed by atoms with van der Waals surface area (Å²) in [5.74, 6) is 4.21. The second-order valence-corrected chi connectivity index (χ2v) is 3.49. The van der Waals surface area contributed by atoms with Crippen molar-refractivity contribution in [1.29, 1.82) is 0 Å². The van der Waals surface area contributed by atoms with Gasteiger partial charge in [-0.3, -0.25) is 0 Å². The molecule has 2 N–H and O–H groups in total. The summed E-state index contributed by atoms with van der Waals surface area (Å²) >= 11 is 0. The maximum absolute atomic E-state index is 11.2. The maximum atomic E-state index is 11.2. The Labute approximate surface area is 104 Å². The molecule has 0 aliphatic carbocycles. The number of azo groups is 1. The van der Waals surface area contributed by atoms with Crippen LogP contribution in [0.25, 0.3) is 0 Å². The van der Waals surface area contributed by atoms with Crippen LogP contribution in [0.1, 0.15) is 10.4 Å². The van der Waals surface area contributed by atoms with Gasteiger partial charge in [0.1, 0.15) is 0 Å². The fourth-order valence-electron chi connectivity index (χ4n) is 1.37. The fraction of sp³-hybridized carbons (Fsp3) is 0. The van der Waals surface area contributed by atoms with Crippen molar-refractivity contribution in [3.63, 3.8) is 0 Å². The van der Waals surface area contributed by atoms with Gasteiger partial charge in [-0.1, -0.05) is 24.3 Å². The summed E-state index contributed by atoms with van der Waals surface area (Å²) in [6.45, 7) is 0. The molecular formula is C13H11N3O2.